The Bertz CT molecular complexity index is 560. The molecule has 0 bridgehead atoms. The van der Waals surface area contributed by atoms with Crippen LogP contribution in [-0.4, -0.2) is 38.2 Å². The van der Waals surface area contributed by atoms with Crippen molar-refractivity contribution in [1.82, 2.24) is 0 Å². The smallest absolute Gasteiger partial charge is 0.324 e. The molecule has 1 aromatic rings. The maximum absolute atomic E-state index is 11.9. The Hall–Kier alpha value is -1.32. The zero-order valence-electron chi connectivity index (χ0n) is 10.1. The van der Waals surface area contributed by atoms with E-state index in [1.807, 2.05) is 0 Å². The van der Waals surface area contributed by atoms with Gasteiger partial charge in [-0.25, -0.2) is 0 Å². The molecule has 0 aliphatic heterocycles. The van der Waals surface area contributed by atoms with E-state index >= 15 is 0 Å². The number of hydrogen-bond acceptors (Lipinski definition) is 7. The fourth-order valence-electron chi connectivity index (χ4n) is 1.35. The number of aliphatic hydroxyl groups is 1. The summed E-state index contributed by atoms with van der Waals surface area (Å²) in [6.45, 7) is 0. The minimum atomic E-state index is -4.12. The Morgan fingerprint density at radius 1 is 1.55 bits per heavy atom. The molecule has 0 aromatic carbocycles. The fraction of sp³-hybridized carbons (Fsp3) is 0.444. The lowest BCUT2D eigenvalue weighted by Gasteiger charge is -2.17. The minimum absolute atomic E-state index is 0.0218. The number of nitrogens with zero attached hydrogens (tertiary/aromatic N) is 1. The number of rotatable bonds is 7. The summed E-state index contributed by atoms with van der Waals surface area (Å²) in [7, 11) is -4.12. The van der Waals surface area contributed by atoms with Crippen molar-refractivity contribution in [2.24, 2.45) is 5.73 Å². The highest BCUT2D eigenvalue weighted by molar-refractivity contribution is 7.58. The lowest BCUT2D eigenvalue weighted by Crippen LogP contribution is -2.31. The maximum Gasteiger partial charge on any atom is 0.324 e. The van der Waals surface area contributed by atoms with Crippen LogP contribution < -0.4 is 5.73 Å². The van der Waals surface area contributed by atoms with E-state index in [2.05, 4.69) is 0 Å². The van der Waals surface area contributed by atoms with Crippen molar-refractivity contribution in [3.8, 4) is 0 Å². The Balaban J connectivity index is 2.77. The predicted molar refractivity (Wildman–Crippen MR) is 70.9 cm³/mol. The summed E-state index contributed by atoms with van der Waals surface area (Å²) in [5.41, 5.74) is 5.21. The highest BCUT2D eigenvalue weighted by atomic mass is 32.1. The third-order valence-electron chi connectivity index (χ3n) is 2.51. The largest absolute Gasteiger partial charge is 0.480 e. The van der Waals surface area contributed by atoms with Gasteiger partial charge in [0.2, 0.25) is 7.37 Å². The summed E-state index contributed by atoms with van der Waals surface area (Å²) in [5.74, 6) is -3.10. The van der Waals surface area contributed by atoms with Crippen molar-refractivity contribution < 1.29 is 29.4 Å². The second kappa shape index (κ2) is 6.42. The number of thiophene rings is 1. The molecule has 20 heavy (non-hydrogen) atoms. The number of carboxylic acid groups (broad SMARTS) is 1. The van der Waals surface area contributed by atoms with Gasteiger partial charge in [-0.3, -0.25) is 19.5 Å². The number of hydrogen-bond donors (Lipinski definition) is 4. The molecule has 2 unspecified atom stereocenters. The number of aliphatic carboxylic acids is 1. The summed E-state index contributed by atoms with van der Waals surface area (Å²) in [5, 5.41) is 28.6. The molecule has 0 radical (unpaired) electrons. The molecule has 1 rings (SSSR count). The number of carboxylic acids is 1. The molecule has 0 aliphatic rings. The third-order valence-corrected chi connectivity index (χ3v) is 5.71. The van der Waals surface area contributed by atoms with Gasteiger partial charge in [-0.2, -0.15) is 0 Å². The number of aliphatic hydroxyl groups excluding tert-OH is 1. The van der Waals surface area contributed by atoms with Gasteiger partial charge < -0.3 is 20.8 Å². The summed E-state index contributed by atoms with van der Waals surface area (Å²) < 4.78 is 11.9. The highest BCUT2D eigenvalue weighted by Crippen LogP contribution is 2.56. The van der Waals surface area contributed by atoms with Crippen LogP contribution in [0.25, 0.3) is 0 Å². The molecule has 0 saturated heterocycles. The third kappa shape index (κ3) is 4.09. The number of nitrogens with two attached hydrogens (primary N) is 1. The Morgan fingerprint density at radius 3 is 2.60 bits per heavy atom. The van der Waals surface area contributed by atoms with Crippen LogP contribution in [0.15, 0.2) is 12.1 Å². The van der Waals surface area contributed by atoms with Gasteiger partial charge in [0.25, 0.3) is 0 Å². The van der Waals surface area contributed by atoms with Crippen molar-refractivity contribution >= 4 is 29.7 Å². The first-order chi connectivity index (χ1) is 9.15. The Labute approximate surface area is 117 Å². The SMILES string of the molecule is N[C@@H](CCP(=O)(O)C(O)c1ccc([N+](=O)[O-])s1)C(=O)O. The van der Waals surface area contributed by atoms with Gasteiger partial charge in [0.15, 0.2) is 5.85 Å². The Kier molecular flexibility index (Phi) is 5.37. The van der Waals surface area contributed by atoms with Crippen LogP contribution in [0.4, 0.5) is 5.00 Å². The molecule has 11 heteroatoms. The van der Waals surface area contributed by atoms with Crippen LogP contribution in [0, 0.1) is 10.1 Å². The van der Waals surface area contributed by atoms with E-state index in [4.69, 9.17) is 10.8 Å². The van der Waals surface area contributed by atoms with Gasteiger partial charge in [0.1, 0.15) is 6.04 Å². The first-order valence-corrected chi connectivity index (χ1v) is 8.10. The van der Waals surface area contributed by atoms with Crippen molar-refractivity contribution in [1.29, 1.82) is 0 Å². The molecule has 0 spiro atoms. The maximum atomic E-state index is 11.9. The molecule has 3 atom stereocenters. The second-order valence-corrected chi connectivity index (χ2v) is 7.56. The quantitative estimate of drug-likeness (QED) is 0.323. The van der Waals surface area contributed by atoms with Gasteiger partial charge in [0, 0.05) is 17.1 Å². The fourth-order valence-corrected chi connectivity index (χ4v) is 4.07. The van der Waals surface area contributed by atoms with Crippen LogP contribution in [0.1, 0.15) is 17.1 Å². The first kappa shape index (κ1) is 16.7. The molecule has 0 amide bonds. The highest BCUT2D eigenvalue weighted by Gasteiger charge is 2.33. The van der Waals surface area contributed by atoms with Crippen molar-refractivity contribution in [3.63, 3.8) is 0 Å². The van der Waals surface area contributed by atoms with Crippen molar-refractivity contribution in [3.05, 3.63) is 27.1 Å². The molecule has 9 nitrogen and oxygen atoms in total. The van der Waals surface area contributed by atoms with E-state index in [9.17, 15) is 29.5 Å². The van der Waals surface area contributed by atoms with E-state index in [1.165, 1.54) is 6.07 Å². The zero-order valence-corrected chi connectivity index (χ0v) is 11.8. The van der Waals surface area contributed by atoms with Gasteiger partial charge in [-0.1, -0.05) is 11.3 Å². The predicted octanol–water partition coefficient (Wildman–Crippen LogP) is 0.720. The van der Waals surface area contributed by atoms with Crippen LogP contribution in [-0.2, 0) is 9.36 Å². The summed E-state index contributed by atoms with van der Waals surface area (Å²) in [6, 6.07) is 1.000. The summed E-state index contributed by atoms with van der Waals surface area (Å²) >= 11 is 0.588. The number of carbonyl (C=O) groups is 1. The monoisotopic (exact) mass is 324 g/mol. The van der Waals surface area contributed by atoms with Crippen LogP contribution in [0.2, 0.25) is 0 Å². The van der Waals surface area contributed by atoms with Gasteiger partial charge in [-0.05, 0) is 12.5 Å². The number of nitro groups is 1. The normalized spacial score (nSPS) is 17.1. The lowest BCUT2D eigenvalue weighted by molar-refractivity contribution is -0.380. The molecular weight excluding hydrogens is 311 g/mol. The molecule has 0 aliphatic carbocycles. The minimum Gasteiger partial charge on any atom is -0.480 e. The average molecular weight is 324 g/mol. The van der Waals surface area contributed by atoms with Gasteiger partial charge in [0.05, 0.1) is 4.92 Å². The van der Waals surface area contributed by atoms with E-state index in [0.717, 1.165) is 6.07 Å². The molecule has 1 heterocycles. The molecule has 0 saturated carbocycles. The van der Waals surface area contributed by atoms with E-state index in [-0.39, 0.29) is 16.3 Å². The average Bonchev–Trinajstić information content (AvgIpc) is 2.84. The summed E-state index contributed by atoms with van der Waals surface area (Å²) in [6.07, 6.45) is -0.777. The standard InChI is InChI=1S/C9H13N2O7PS/c10-5(8(12)13)3-4-19(17,18)9(14)6-1-2-7(20-6)11(15)16/h1-2,5,9,14H,3-4,10H2,(H,12,13)(H,17,18)/t5-,9?/m0/s1. The van der Waals surface area contributed by atoms with E-state index < -0.39 is 36.3 Å². The second-order valence-electron chi connectivity index (χ2n) is 4.02. The topological polar surface area (TPSA) is 164 Å². The molecule has 1 aromatic heterocycles. The van der Waals surface area contributed by atoms with Crippen LogP contribution in [0.3, 0.4) is 0 Å². The van der Waals surface area contributed by atoms with Crippen molar-refractivity contribution in [2.45, 2.75) is 18.3 Å². The van der Waals surface area contributed by atoms with Gasteiger partial charge in [-0.15, -0.1) is 0 Å². The zero-order chi connectivity index (χ0) is 15.5. The van der Waals surface area contributed by atoms with E-state index in [0.29, 0.717) is 11.3 Å². The summed E-state index contributed by atoms with van der Waals surface area (Å²) in [4.78, 5) is 30.0. The molecular formula is C9H13N2O7PS. The van der Waals surface area contributed by atoms with Crippen molar-refractivity contribution in [2.75, 3.05) is 6.16 Å². The van der Waals surface area contributed by atoms with E-state index in [1.54, 1.807) is 0 Å². The Morgan fingerprint density at radius 2 is 2.15 bits per heavy atom. The molecule has 0 fully saturated rings. The van der Waals surface area contributed by atoms with Crippen LogP contribution in [0.5, 0.6) is 0 Å². The molecule has 112 valence electrons. The first-order valence-electron chi connectivity index (χ1n) is 5.37. The molecule has 5 N–H and O–H groups in total. The van der Waals surface area contributed by atoms with Crippen LogP contribution >= 0.6 is 18.7 Å². The van der Waals surface area contributed by atoms with Gasteiger partial charge >= 0.3 is 11.0 Å². The lowest BCUT2D eigenvalue weighted by atomic mass is 10.2.